The highest BCUT2D eigenvalue weighted by molar-refractivity contribution is 5.94. The summed E-state index contributed by atoms with van der Waals surface area (Å²) in [5, 5.41) is 5.88. The highest BCUT2D eigenvalue weighted by Crippen LogP contribution is 2.18. The van der Waals surface area contributed by atoms with Gasteiger partial charge in [-0.3, -0.25) is 9.59 Å². The Kier molecular flexibility index (Phi) is 5.56. The van der Waals surface area contributed by atoms with Crippen molar-refractivity contribution in [3.05, 3.63) is 83.8 Å². The fourth-order valence-corrected chi connectivity index (χ4v) is 2.47. The Bertz CT molecular complexity index is 937. The molecule has 0 saturated carbocycles. The summed E-state index contributed by atoms with van der Waals surface area (Å²) >= 11 is 0. The van der Waals surface area contributed by atoms with Crippen LogP contribution in [0.25, 0.3) is 0 Å². The molecule has 0 fully saturated rings. The Balaban J connectivity index is 1.57. The summed E-state index contributed by atoms with van der Waals surface area (Å²) in [5.74, 6) is -0.113. The zero-order valence-electron chi connectivity index (χ0n) is 14.7. The van der Waals surface area contributed by atoms with Gasteiger partial charge in [0.2, 0.25) is 5.91 Å². The van der Waals surface area contributed by atoms with Crippen molar-refractivity contribution >= 4 is 28.9 Å². The lowest BCUT2D eigenvalue weighted by atomic mass is 10.1. The molecule has 1 aromatic heterocycles. The Morgan fingerprint density at radius 3 is 2.19 bits per heavy atom. The Hall–Kier alpha value is -3.54. The fourth-order valence-electron chi connectivity index (χ4n) is 2.47. The second-order valence-electron chi connectivity index (χ2n) is 6.04. The van der Waals surface area contributed by atoms with E-state index in [-0.39, 0.29) is 23.9 Å². The number of carbonyl (C=O) groups is 2. The van der Waals surface area contributed by atoms with Gasteiger partial charge in [0.05, 0.1) is 18.3 Å². The minimum absolute atomic E-state index is 0.0175. The van der Waals surface area contributed by atoms with Gasteiger partial charge in [-0.05, 0) is 61.0 Å². The van der Waals surface area contributed by atoms with Crippen LogP contribution in [-0.4, -0.2) is 16.7 Å². The van der Waals surface area contributed by atoms with Crippen LogP contribution in [-0.2, 0) is 11.2 Å². The first-order valence-electron chi connectivity index (χ1n) is 8.38. The summed E-state index contributed by atoms with van der Waals surface area (Å²) < 4.78 is 12.9. The molecule has 0 aliphatic carbocycles. The molecular weight excluding hydrogens is 345 g/mol. The van der Waals surface area contributed by atoms with E-state index in [2.05, 4.69) is 15.6 Å². The van der Waals surface area contributed by atoms with Gasteiger partial charge in [-0.15, -0.1) is 0 Å². The molecule has 3 aromatic rings. The molecule has 0 radical (unpaired) electrons. The number of nitrogens with zero attached hydrogens (tertiary/aromatic N) is 1. The second kappa shape index (κ2) is 8.23. The topological polar surface area (TPSA) is 71.1 Å². The van der Waals surface area contributed by atoms with Gasteiger partial charge in [0.25, 0.3) is 0 Å². The van der Waals surface area contributed by atoms with Crippen LogP contribution in [0.15, 0.2) is 66.9 Å². The summed E-state index contributed by atoms with van der Waals surface area (Å²) in [4.78, 5) is 27.5. The average molecular weight is 363 g/mol. The molecule has 0 saturated heterocycles. The number of aromatic nitrogens is 1. The van der Waals surface area contributed by atoms with Crippen molar-refractivity contribution in [2.24, 2.45) is 0 Å². The maximum Gasteiger partial charge on any atom is 0.229 e. The molecule has 6 heteroatoms. The lowest BCUT2D eigenvalue weighted by Gasteiger charge is -2.08. The molecule has 0 aliphatic rings. The van der Waals surface area contributed by atoms with Crippen molar-refractivity contribution in [1.29, 1.82) is 0 Å². The summed E-state index contributed by atoms with van der Waals surface area (Å²) in [6.07, 6.45) is 1.75. The number of hydrogen-bond donors (Lipinski definition) is 2. The van der Waals surface area contributed by atoms with Crippen LogP contribution in [0, 0.1) is 5.82 Å². The van der Waals surface area contributed by atoms with Gasteiger partial charge in [0, 0.05) is 11.3 Å². The van der Waals surface area contributed by atoms with Crippen molar-refractivity contribution < 1.29 is 14.0 Å². The van der Waals surface area contributed by atoms with E-state index in [1.807, 2.05) is 12.1 Å². The first kappa shape index (κ1) is 18.3. The maximum atomic E-state index is 12.9. The van der Waals surface area contributed by atoms with E-state index in [0.29, 0.717) is 11.4 Å². The van der Waals surface area contributed by atoms with Crippen LogP contribution in [0.2, 0.25) is 0 Å². The van der Waals surface area contributed by atoms with Crippen LogP contribution in [0.5, 0.6) is 0 Å². The first-order chi connectivity index (χ1) is 13.0. The van der Waals surface area contributed by atoms with Crippen molar-refractivity contribution in [3.8, 4) is 0 Å². The summed E-state index contributed by atoms with van der Waals surface area (Å²) in [6.45, 7) is 1.52. The molecule has 1 heterocycles. The normalized spacial score (nSPS) is 10.3. The second-order valence-corrected chi connectivity index (χ2v) is 6.04. The number of amides is 1. The van der Waals surface area contributed by atoms with Gasteiger partial charge in [-0.25, -0.2) is 9.37 Å². The van der Waals surface area contributed by atoms with Gasteiger partial charge in [-0.1, -0.05) is 12.1 Å². The van der Waals surface area contributed by atoms with Crippen molar-refractivity contribution in [1.82, 2.24) is 4.98 Å². The Labute approximate surface area is 156 Å². The van der Waals surface area contributed by atoms with E-state index in [1.54, 1.807) is 42.6 Å². The zero-order valence-corrected chi connectivity index (χ0v) is 14.7. The highest BCUT2D eigenvalue weighted by Gasteiger charge is 2.06. The lowest BCUT2D eigenvalue weighted by molar-refractivity contribution is -0.115. The minimum Gasteiger partial charge on any atom is -0.354 e. The smallest absolute Gasteiger partial charge is 0.229 e. The predicted molar refractivity (Wildman–Crippen MR) is 103 cm³/mol. The van der Waals surface area contributed by atoms with E-state index in [1.165, 1.54) is 19.1 Å². The number of nitrogens with one attached hydrogen (secondary N) is 2. The fraction of sp³-hybridized carbons (Fsp3) is 0.0952. The SMILES string of the molecule is CC(=O)c1ccc(Nc2ccc(NC(=O)Cc3ccc(F)cc3)nc2)cc1. The maximum absolute atomic E-state index is 12.9. The van der Waals surface area contributed by atoms with Gasteiger partial charge in [0.15, 0.2) is 5.78 Å². The van der Waals surface area contributed by atoms with Crippen molar-refractivity contribution in [2.75, 3.05) is 10.6 Å². The van der Waals surface area contributed by atoms with E-state index < -0.39 is 0 Å². The molecular formula is C21H18FN3O2. The summed E-state index contributed by atoms with van der Waals surface area (Å²) in [6, 6.07) is 16.4. The number of anilines is 3. The van der Waals surface area contributed by atoms with Gasteiger partial charge in [0.1, 0.15) is 11.6 Å². The average Bonchev–Trinajstić information content (AvgIpc) is 2.66. The molecule has 0 spiro atoms. The third-order valence-electron chi connectivity index (χ3n) is 3.89. The van der Waals surface area contributed by atoms with Gasteiger partial charge in [-0.2, -0.15) is 0 Å². The predicted octanol–water partition coefficient (Wildman–Crippen LogP) is 4.35. The molecule has 1 amide bonds. The van der Waals surface area contributed by atoms with Crippen LogP contribution in [0.3, 0.4) is 0 Å². The molecule has 0 aliphatic heterocycles. The number of rotatable bonds is 6. The van der Waals surface area contributed by atoms with E-state index in [9.17, 15) is 14.0 Å². The van der Waals surface area contributed by atoms with E-state index >= 15 is 0 Å². The molecule has 3 rings (SSSR count). The van der Waals surface area contributed by atoms with E-state index in [0.717, 1.165) is 16.9 Å². The lowest BCUT2D eigenvalue weighted by Crippen LogP contribution is -2.15. The third kappa shape index (κ3) is 5.22. The summed E-state index contributed by atoms with van der Waals surface area (Å²) in [7, 11) is 0. The van der Waals surface area contributed by atoms with Crippen LogP contribution in [0.1, 0.15) is 22.8 Å². The Morgan fingerprint density at radius 1 is 0.926 bits per heavy atom. The molecule has 2 aromatic carbocycles. The number of pyridine rings is 1. The first-order valence-corrected chi connectivity index (χ1v) is 8.38. The molecule has 5 nitrogen and oxygen atoms in total. The monoisotopic (exact) mass is 363 g/mol. The van der Waals surface area contributed by atoms with E-state index in [4.69, 9.17) is 0 Å². The molecule has 136 valence electrons. The van der Waals surface area contributed by atoms with Crippen LogP contribution < -0.4 is 10.6 Å². The van der Waals surface area contributed by atoms with Crippen molar-refractivity contribution in [2.45, 2.75) is 13.3 Å². The van der Waals surface area contributed by atoms with Gasteiger partial charge < -0.3 is 10.6 Å². The number of hydrogen-bond acceptors (Lipinski definition) is 4. The van der Waals surface area contributed by atoms with Crippen LogP contribution in [0.4, 0.5) is 21.6 Å². The number of Topliss-reactive ketones (excluding diaryl/α,β-unsaturated/α-hetero) is 1. The van der Waals surface area contributed by atoms with Gasteiger partial charge >= 0.3 is 0 Å². The minimum atomic E-state index is -0.333. The number of halogens is 1. The molecule has 2 N–H and O–H groups in total. The zero-order chi connectivity index (χ0) is 19.2. The number of carbonyl (C=O) groups excluding carboxylic acids is 2. The Morgan fingerprint density at radius 2 is 1.59 bits per heavy atom. The molecule has 0 bridgehead atoms. The standard InChI is InChI=1S/C21H18FN3O2/c1-14(26)16-4-8-18(9-5-16)24-19-10-11-20(23-13-19)25-21(27)12-15-2-6-17(22)7-3-15/h2-11,13,24H,12H2,1H3,(H,23,25,27). The summed E-state index contributed by atoms with van der Waals surface area (Å²) in [5.41, 5.74) is 2.95. The molecule has 27 heavy (non-hydrogen) atoms. The third-order valence-corrected chi connectivity index (χ3v) is 3.89. The number of benzene rings is 2. The quantitative estimate of drug-likeness (QED) is 0.639. The van der Waals surface area contributed by atoms with Crippen LogP contribution >= 0.6 is 0 Å². The van der Waals surface area contributed by atoms with Crippen molar-refractivity contribution in [3.63, 3.8) is 0 Å². The largest absolute Gasteiger partial charge is 0.354 e. The molecule has 0 unspecified atom stereocenters. The highest BCUT2D eigenvalue weighted by atomic mass is 19.1. The number of ketones is 1. The molecule has 0 atom stereocenters.